The first kappa shape index (κ1) is 25.1. The summed E-state index contributed by atoms with van der Waals surface area (Å²) in [6.45, 7) is 4.26. The number of nitrogens with one attached hydrogen (secondary N) is 3. The number of fused-ring (bicyclic) bond motifs is 1. The quantitative estimate of drug-likeness (QED) is 0.362. The van der Waals surface area contributed by atoms with Crippen LogP contribution < -0.4 is 21.9 Å². The number of nitrogen functional groups attached to an aromatic ring is 1. The minimum Gasteiger partial charge on any atom is -0.384 e. The molecule has 0 unspecified atom stereocenters. The molecule has 1 fully saturated rings. The highest BCUT2D eigenvalue weighted by Gasteiger charge is 2.44. The zero-order valence-corrected chi connectivity index (χ0v) is 20.4. The molecule has 2 aliphatic rings. The monoisotopic (exact) mass is 492 g/mol. The normalized spacial score (nSPS) is 18.9. The highest BCUT2D eigenvalue weighted by molar-refractivity contribution is 6.30. The first-order chi connectivity index (χ1) is 15.2. The zero-order chi connectivity index (χ0) is 23.0. The van der Waals surface area contributed by atoms with E-state index in [1.54, 1.807) is 12.1 Å². The first-order valence-corrected chi connectivity index (χ1v) is 11.4. The van der Waals surface area contributed by atoms with Gasteiger partial charge in [-0.25, -0.2) is 4.98 Å². The lowest BCUT2D eigenvalue weighted by molar-refractivity contribution is -0.124. The maximum atomic E-state index is 13.3. The van der Waals surface area contributed by atoms with E-state index >= 15 is 0 Å². The van der Waals surface area contributed by atoms with Crippen LogP contribution in [0.3, 0.4) is 0 Å². The molecular formula is C23H30Cl2N6O2. The Labute approximate surface area is 204 Å². The van der Waals surface area contributed by atoms with Crippen molar-refractivity contribution < 1.29 is 4.79 Å². The van der Waals surface area contributed by atoms with Gasteiger partial charge in [-0.2, -0.15) is 0 Å². The number of amides is 1. The maximum Gasteiger partial charge on any atom is 0.294 e. The van der Waals surface area contributed by atoms with Crippen LogP contribution in [0.5, 0.6) is 0 Å². The molecule has 4 rings (SSSR count). The van der Waals surface area contributed by atoms with Crippen LogP contribution >= 0.6 is 24.0 Å². The van der Waals surface area contributed by atoms with Gasteiger partial charge in [0.2, 0.25) is 5.91 Å². The third-order valence-electron chi connectivity index (χ3n) is 6.45. The summed E-state index contributed by atoms with van der Waals surface area (Å²) in [5, 5.41) is 13.9. The number of halogens is 2. The Morgan fingerprint density at radius 1 is 1.27 bits per heavy atom. The van der Waals surface area contributed by atoms with Crippen LogP contribution in [0.15, 0.2) is 29.1 Å². The number of nitrogens with zero attached hydrogens (tertiary/aromatic N) is 2. The lowest BCUT2D eigenvalue weighted by Crippen LogP contribution is -2.37. The molecular weight excluding hydrogens is 463 g/mol. The smallest absolute Gasteiger partial charge is 0.294 e. The number of nitrogens with two attached hydrogens (primary N) is 1. The predicted octanol–water partition coefficient (Wildman–Crippen LogP) is 3.50. The number of carbonyl (C=O) groups excluding carboxylic acids is 1. The van der Waals surface area contributed by atoms with Gasteiger partial charge in [-0.15, -0.1) is 12.4 Å². The molecule has 2 aromatic rings. The Morgan fingerprint density at radius 3 is 2.52 bits per heavy atom. The van der Waals surface area contributed by atoms with E-state index in [0.717, 1.165) is 31.2 Å². The fraction of sp³-hybridized carbons (Fsp3) is 0.478. The first-order valence-electron chi connectivity index (χ1n) is 11.0. The van der Waals surface area contributed by atoms with Gasteiger partial charge in [0.1, 0.15) is 11.9 Å². The summed E-state index contributed by atoms with van der Waals surface area (Å²) in [6.07, 6.45) is 4.72. The number of rotatable bonds is 6. The summed E-state index contributed by atoms with van der Waals surface area (Å²) in [7, 11) is 0. The second kappa shape index (κ2) is 9.73. The fourth-order valence-corrected chi connectivity index (χ4v) is 5.20. The number of amidine groups is 1. The second-order valence-corrected chi connectivity index (χ2v) is 9.69. The number of hydrogen-bond donors (Lipinski definition) is 4. The fourth-order valence-electron chi connectivity index (χ4n) is 4.76. The molecule has 0 bridgehead atoms. The van der Waals surface area contributed by atoms with Crippen LogP contribution in [0.2, 0.25) is 5.15 Å². The second-order valence-electron chi connectivity index (χ2n) is 9.33. The van der Waals surface area contributed by atoms with E-state index in [-0.39, 0.29) is 46.7 Å². The Morgan fingerprint density at radius 2 is 1.91 bits per heavy atom. The van der Waals surface area contributed by atoms with E-state index < -0.39 is 11.5 Å². The number of aromatic nitrogens is 2. The van der Waals surface area contributed by atoms with Crippen LogP contribution in [-0.4, -0.2) is 27.3 Å². The minimum absolute atomic E-state index is 0. The summed E-state index contributed by atoms with van der Waals surface area (Å²) >= 11 is 6.53. The molecule has 8 nitrogen and oxygen atoms in total. The third kappa shape index (κ3) is 5.01. The van der Waals surface area contributed by atoms with Crippen molar-refractivity contribution in [2.75, 3.05) is 5.32 Å². The van der Waals surface area contributed by atoms with E-state index in [1.807, 2.05) is 26.0 Å². The van der Waals surface area contributed by atoms with Crippen LogP contribution in [0.1, 0.15) is 68.8 Å². The summed E-state index contributed by atoms with van der Waals surface area (Å²) in [5.41, 5.74) is 6.84. The highest BCUT2D eigenvalue weighted by Crippen LogP contribution is 2.43. The Hall–Kier alpha value is -2.58. The molecule has 5 N–H and O–H groups in total. The van der Waals surface area contributed by atoms with E-state index in [0.29, 0.717) is 24.2 Å². The van der Waals surface area contributed by atoms with Crippen molar-refractivity contribution in [1.29, 1.82) is 5.41 Å². The molecule has 0 saturated heterocycles. The molecule has 10 heteroatoms. The molecule has 2 heterocycles. The predicted molar refractivity (Wildman–Crippen MR) is 133 cm³/mol. The van der Waals surface area contributed by atoms with Gasteiger partial charge < -0.3 is 16.4 Å². The number of benzene rings is 1. The lowest BCUT2D eigenvalue weighted by Gasteiger charge is -2.20. The Balaban J connectivity index is 0.00000306. The van der Waals surface area contributed by atoms with Gasteiger partial charge >= 0.3 is 0 Å². The number of hydrogen-bond acceptors (Lipinski definition) is 5. The number of carbonyl (C=O) groups is 1. The van der Waals surface area contributed by atoms with Crippen LogP contribution in [0.25, 0.3) is 0 Å². The van der Waals surface area contributed by atoms with Gasteiger partial charge in [0.15, 0.2) is 11.0 Å². The van der Waals surface area contributed by atoms with Crippen molar-refractivity contribution in [3.8, 4) is 0 Å². The topological polar surface area (TPSA) is 126 Å². The van der Waals surface area contributed by atoms with Gasteiger partial charge in [-0.05, 0) is 24.8 Å². The average molecular weight is 493 g/mol. The van der Waals surface area contributed by atoms with Gasteiger partial charge in [-0.1, -0.05) is 62.6 Å². The maximum absolute atomic E-state index is 13.3. The van der Waals surface area contributed by atoms with Crippen LogP contribution in [0, 0.1) is 5.41 Å². The molecule has 1 aliphatic heterocycles. The van der Waals surface area contributed by atoms with E-state index in [2.05, 4.69) is 15.6 Å². The standard InChI is InChI=1S/C23H29ClN6O2.ClH/c1-23(2)11-16(21(31)27-12-13-7-9-14(10-8-13)19(25)26)30-17(23)18(24)29-20(22(30)32)28-15-5-3-4-6-15;/h7-10,15-16H,3-6,11-12H2,1-2H3,(H3,25,26)(H,27,31)(H,28,29);1H/t16-;/m0./s1. The Kier molecular flexibility index (Phi) is 7.39. The summed E-state index contributed by atoms with van der Waals surface area (Å²) < 4.78 is 1.53. The summed E-state index contributed by atoms with van der Waals surface area (Å²) in [4.78, 5) is 30.9. The number of anilines is 1. The molecule has 0 radical (unpaired) electrons. The van der Waals surface area contributed by atoms with Crippen molar-refractivity contribution >= 4 is 41.6 Å². The zero-order valence-electron chi connectivity index (χ0n) is 18.8. The van der Waals surface area contributed by atoms with E-state index in [4.69, 9.17) is 22.7 Å². The van der Waals surface area contributed by atoms with Crippen molar-refractivity contribution in [3.05, 3.63) is 56.6 Å². The van der Waals surface area contributed by atoms with Gasteiger partial charge in [0.25, 0.3) is 5.56 Å². The minimum atomic E-state index is -0.659. The SMILES string of the molecule is CC1(C)C[C@@H](C(=O)NCc2ccc(C(=N)N)cc2)n2c1c(Cl)nc(NC1CCCC1)c2=O.Cl. The van der Waals surface area contributed by atoms with Crippen LogP contribution in [0.4, 0.5) is 5.82 Å². The Bertz CT molecular complexity index is 1110. The lowest BCUT2D eigenvalue weighted by atomic mass is 9.87. The van der Waals surface area contributed by atoms with E-state index in [1.165, 1.54) is 4.57 Å². The summed E-state index contributed by atoms with van der Waals surface area (Å²) in [5.74, 6) is -0.0121. The molecule has 1 aromatic heterocycles. The largest absolute Gasteiger partial charge is 0.384 e. The molecule has 1 aliphatic carbocycles. The van der Waals surface area contributed by atoms with Gasteiger partial charge in [0, 0.05) is 23.6 Å². The molecule has 1 atom stereocenters. The van der Waals surface area contributed by atoms with Crippen molar-refractivity contribution in [1.82, 2.24) is 14.9 Å². The highest BCUT2D eigenvalue weighted by atomic mass is 35.5. The van der Waals surface area contributed by atoms with Gasteiger partial charge in [0.05, 0.1) is 5.69 Å². The van der Waals surface area contributed by atoms with Crippen molar-refractivity contribution in [3.63, 3.8) is 0 Å². The summed E-state index contributed by atoms with van der Waals surface area (Å²) in [6, 6.07) is 6.68. The average Bonchev–Trinajstić information content (AvgIpc) is 3.35. The van der Waals surface area contributed by atoms with Crippen LogP contribution in [-0.2, 0) is 16.8 Å². The van der Waals surface area contributed by atoms with E-state index in [9.17, 15) is 9.59 Å². The molecule has 1 amide bonds. The molecule has 33 heavy (non-hydrogen) atoms. The molecule has 0 spiro atoms. The molecule has 1 aromatic carbocycles. The molecule has 178 valence electrons. The molecule has 1 saturated carbocycles. The third-order valence-corrected chi connectivity index (χ3v) is 6.72. The van der Waals surface area contributed by atoms with Crippen molar-refractivity contribution in [2.45, 2.75) is 70.0 Å². The van der Waals surface area contributed by atoms with Crippen molar-refractivity contribution in [2.24, 2.45) is 5.73 Å². The van der Waals surface area contributed by atoms with Gasteiger partial charge in [-0.3, -0.25) is 19.6 Å².